The Labute approximate surface area is 252 Å². The Hall–Kier alpha value is -3.46. The van der Waals surface area contributed by atoms with Crippen LogP contribution in [0, 0.1) is 0 Å². The molecule has 0 saturated heterocycles. The Morgan fingerprint density at radius 2 is 1.44 bits per heavy atom. The molecular weight excluding hydrogens is 555 g/mol. The highest BCUT2D eigenvalue weighted by Crippen LogP contribution is 2.29. The molecule has 0 unspecified atom stereocenters. The van der Waals surface area contributed by atoms with Crippen molar-refractivity contribution in [3.8, 4) is 0 Å². The van der Waals surface area contributed by atoms with Crippen LogP contribution in [-0.4, -0.2) is 37.0 Å². The number of aliphatic hydroxyl groups excluding tert-OH is 1. The van der Waals surface area contributed by atoms with Gasteiger partial charge in [0.25, 0.3) is 0 Å². The molecular formula is C35H42F3NO4. The summed E-state index contributed by atoms with van der Waals surface area (Å²) in [6, 6.07) is 23.4. The fourth-order valence-electron chi connectivity index (χ4n) is 4.69. The smallest absolute Gasteiger partial charge is 0.423 e. The summed E-state index contributed by atoms with van der Waals surface area (Å²) in [7, 11) is 0. The highest BCUT2D eigenvalue weighted by Gasteiger charge is 2.39. The van der Waals surface area contributed by atoms with E-state index in [1.807, 2.05) is 6.07 Å². The first-order chi connectivity index (χ1) is 20.9. The molecule has 3 aromatic rings. The molecule has 0 atom stereocenters. The Kier molecular flexibility index (Phi) is 15.0. The quantitative estimate of drug-likeness (QED) is 0.0848. The van der Waals surface area contributed by atoms with E-state index in [0.29, 0.717) is 17.7 Å². The fourth-order valence-corrected chi connectivity index (χ4v) is 4.69. The molecule has 2 N–H and O–H groups in total. The summed E-state index contributed by atoms with van der Waals surface area (Å²) in [6.07, 6.45) is 3.28. The van der Waals surface area contributed by atoms with Crippen LogP contribution in [0.1, 0.15) is 66.3 Å². The third kappa shape index (κ3) is 12.7. The van der Waals surface area contributed by atoms with Crippen LogP contribution in [0.5, 0.6) is 0 Å². The molecule has 0 fully saturated rings. The van der Waals surface area contributed by atoms with Crippen LogP contribution >= 0.6 is 0 Å². The van der Waals surface area contributed by atoms with Gasteiger partial charge in [-0.15, -0.1) is 0 Å². The maximum Gasteiger partial charge on any atom is 0.423 e. The zero-order valence-electron chi connectivity index (χ0n) is 24.6. The third-order valence-electron chi connectivity index (χ3n) is 7.08. The standard InChI is InChI=1S/C35H42F3NO4/c36-35(37,38)33(24-29-17-7-4-8-18-29)34(41)43-27-31-20-13-19-30(26-40)32(31)25-39-21-10-1-2-11-22-42-23-12-9-16-28-14-5-3-6-15-28/h3-8,13-15,17-20,24,39-40H,1-2,9-12,16,21-23,25-27H2. The largest absolute Gasteiger partial charge is 0.457 e. The van der Waals surface area contributed by atoms with Gasteiger partial charge in [0, 0.05) is 19.8 Å². The van der Waals surface area contributed by atoms with Crippen LogP contribution < -0.4 is 5.32 Å². The summed E-state index contributed by atoms with van der Waals surface area (Å²) >= 11 is 0. The number of hydrogen-bond acceptors (Lipinski definition) is 5. The predicted octanol–water partition coefficient (Wildman–Crippen LogP) is 7.56. The molecule has 3 rings (SSSR count). The fraction of sp³-hybridized carbons (Fsp3) is 0.400. The summed E-state index contributed by atoms with van der Waals surface area (Å²) < 4.78 is 51.7. The second-order valence-corrected chi connectivity index (χ2v) is 10.4. The van der Waals surface area contributed by atoms with Crippen molar-refractivity contribution in [1.82, 2.24) is 5.32 Å². The predicted molar refractivity (Wildman–Crippen MR) is 163 cm³/mol. The number of aryl methyl sites for hydroxylation is 1. The lowest BCUT2D eigenvalue weighted by Gasteiger charge is -2.16. The molecule has 0 saturated carbocycles. The van der Waals surface area contributed by atoms with Crippen LogP contribution in [0.2, 0.25) is 0 Å². The van der Waals surface area contributed by atoms with Crippen LogP contribution in [0.4, 0.5) is 13.2 Å². The topological polar surface area (TPSA) is 67.8 Å². The molecule has 0 bridgehead atoms. The van der Waals surface area contributed by atoms with Gasteiger partial charge in [-0.1, -0.05) is 91.7 Å². The molecule has 5 nitrogen and oxygen atoms in total. The van der Waals surface area contributed by atoms with E-state index in [-0.39, 0.29) is 18.8 Å². The van der Waals surface area contributed by atoms with Gasteiger partial charge in [-0.2, -0.15) is 13.2 Å². The normalized spacial score (nSPS) is 12.0. The van der Waals surface area contributed by atoms with Crippen molar-refractivity contribution in [2.45, 2.75) is 70.9 Å². The first-order valence-electron chi connectivity index (χ1n) is 14.9. The summed E-state index contributed by atoms with van der Waals surface area (Å²) in [5.74, 6) is -1.44. The molecule has 0 amide bonds. The number of unbranched alkanes of at least 4 members (excludes halogenated alkanes) is 4. The van der Waals surface area contributed by atoms with Gasteiger partial charge < -0.3 is 19.9 Å². The maximum atomic E-state index is 13.6. The van der Waals surface area contributed by atoms with E-state index >= 15 is 0 Å². The summed E-state index contributed by atoms with van der Waals surface area (Å²) in [5.41, 5.74) is 2.15. The van der Waals surface area contributed by atoms with Gasteiger partial charge in [0.1, 0.15) is 12.2 Å². The first-order valence-corrected chi connectivity index (χ1v) is 14.9. The highest BCUT2D eigenvalue weighted by molar-refractivity contribution is 5.95. The van der Waals surface area contributed by atoms with E-state index in [9.17, 15) is 23.1 Å². The lowest BCUT2D eigenvalue weighted by Crippen LogP contribution is -2.23. The number of rotatable bonds is 19. The summed E-state index contributed by atoms with van der Waals surface area (Å²) in [6.45, 7) is 2.14. The summed E-state index contributed by atoms with van der Waals surface area (Å²) in [4.78, 5) is 12.5. The number of ether oxygens (including phenoxy) is 2. The second-order valence-electron chi connectivity index (χ2n) is 10.4. The van der Waals surface area contributed by atoms with Gasteiger partial charge in [-0.3, -0.25) is 0 Å². The average Bonchev–Trinajstić information content (AvgIpc) is 3.01. The SMILES string of the molecule is O=C(OCc1cccc(CO)c1CNCCCCCCOCCCCc1ccccc1)C(=Cc1ccccc1)C(F)(F)F. The lowest BCUT2D eigenvalue weighted by molar-refractivity contribution is -0.151. The monoisotopic (exact) mass is 597 g/mol. The Morgan fingerprint density at radius 1 is 0.791 bits per heavy atom. The molecule has 0 aliphatic rings. The number of hydrogen-bond donors (Lipinski definition) is 2. The van der Waals surface area contributed by atoms with E-state index in [2.05, 4.69) is 29.6 Å². The maximum absolute atomic E-state index is 13.6. The van der Waals surface area contributed by atoms with Gasteiger partial charge in [0.15, 0.2) is 0 Å². The van der Waals surface area contributed by atoms with Gasteiger partial charge >= 0.3 is 12.1 Å². The van der Waals surface area contributed by atoms with Crippen molar-refractivity contribution in [2.75, 3.05) is 19.8 Å². The van der Waals surface area contributed by atoms with Crippen molar-refractivity contribution in [3.63, 3.8) is 0 Å². The second kappa shape index (κ2) is 18.9. The first kappa shape index (κ1) is 34.0. The molecule has 43 heavy (non-hydrogen) atoms. The van der Waals surface area contributed by atoms with Crippen molar-refractivity contribution in [1.29, 1.82) is 0 Å². The number of benzene rings is 3. The minimum Gasteiger partial charge on any atom is -0.457 e. The van der Waals surface area contributed by atoms with Crippen molar-refractivity contribution < 1.29 is 32.5 Å². The number of halogens is 3. The van der Waals surface area contributed by atoms with Gasteiger partial charge in [-0.25, -0.2) is 4.79 Å². The molecule has 0 aliphatic heterocycles. The number of carbonyl (C=O) groups excluding carboxylic acids is 1. The number of aliphatic hydroxyl groups is 1. The number of alkyl halides is 3. The van der Waals surface area contributed by atoms with Gasteiger partial charge in [-0.05, 0) is 72.5 Å². The molecule has 0 heterocycles. The number of carbonyl (C=O) groups is 1. The molecule has 8 heteroatoms. The van der Waals surface area contributed by atoms with E-state index < -0.39 is 17.7 Å². The van der Waals surface area contributed by atoms with Gasteiger partial charge in [0.05, 0.1) is 6.61 Å². The van der Waals surface area contributed by atoms with Crippen LogP contribution in [-0.2, 0) is 40.4 Å². The molecule has 0 spiro atoms. The zero-order chi connectivity index (χ0) is 30.8. The molecule has 0 aliphatic carbocycles. The van der Waals surface area contributed by atoms with E-state index in [1.54, 1.807) is 36.4 Å². The highest BCUT2D eigenvalue weighted by atomic mass is 19.4. The van der Waals surface area contributed by atoms with Crippen LogP contribution in [0.3, 0.4) is 0 Å². The van der Waals surface area contributed by atoms with Crippen molar-refractivity contribution in [3.05, 3.63) is 112 Å². The average molecular weight is 598 g/mol. The Bertz CT molecular complexity index is 1250. The zero-order valence-corrected chi connectivity index (χ0v) is 24.6. The molecule has 0 radical (unpaired) electrons. The van der Waals surface area contributed by atoms with E-state index in [0.717, 1.165) is 76.3 Å². The molecule has 3 aromatic carbocycles. The lowest BCUT2D eigenvalue weighted by atomic mass is 10.0. The third-order valence-corrected chi connectivity index (χ3v) is 7.08. The minimum atomic E-state index is -4.86. The van der Waals surface area contributed by atoms with Gasteiger partial charge in [0.2, 0.25) is 0 Å². The number of nitrogens with one attached hydrogen (secondary N) is 1. The van der Waals surface area contributed by atoms with Crippen molar-refractivity contribution in [2.24, 2.45) is 0 Å². The molecule has 232 valence electrons. The molecule has 0 aromatic heterocycles. The van der Waals surface area contributed by atoms with E-state index in [1.165, 1.54) is 17.7 Å². The Morgan fingerprint density at radius 3 is 2.14 bits per heavy atom. The summed E-state index contributed by atoms with van der Waals surface area (Å²) in [5, 5.41) is 13.2. The van der Waals surface area contributed by atoms with Crippen LogP contribution in [0.25, 0.3) is 6.08 Å². The minimum absolute atomic E-state index is 0.229. The van der Waals surface area contributed by atoms with Crippen LogP contribution in [0.15, 0.2) is 84.4 Å². The Balaban J connectivity index is 1.36. The van der Waals surface area contributed by atoms with Crippen molar-refractivity contribution >= 4 is 12.0 Å². The number of esters is 1. The van der Waals surface area contributed by atoms with E-state index in [4.69, 9.17) is 9.47 Å².